The summed E-state index contributed by atoms with van der Waals surface area (Å²) in [5.74, 6) is 1.24. The number of benzene rings is 1. The number of amides is 1. The van der Waals surface area contributed by atoms with Crippen molar-refractivity contribution in [3.05, 3.63) is 39.8 Å². The van der Waals surface area contributed by atoms with E-state index in [2.05, 4.69) is 12.2 Å². The lowest BCUT2D eigenvalue weighted by Crippen LogP contribution is -2.18. The van der Waals surface area contributed by atoms with E-state index in [9.17, 15) is 9.59 Å². The third kappa shape index (κ3) is 4.95. The summed E-state index contributed by atoms with van der Waals surface area (Å²) in [6, 6.07) is 5.40. The second-order valence-electron chi connectivity index (χ2n) is 7.61. The molecule has 1 N–H and O–H groups in total. The fraction of sp³-hybridized carbons (Fsp3) is 0.478. The number of esters is 1. The highest BCUT2D eigenvalue weighted by atomic mass is 32.1. The Bertz CT molecular complexity index is 921. The number of hydrogen-bond acceptors (Lipinski definition) is 6. The van der Waals surface area contributed by atoms with E-state index in [1.54, 1.807) is 26.4 Å². The van der Waals surface area contributed by atoms with E-state index < -0.39 is 0 Å². The number of ether oxygens (including phenoxy) is 3. The van der Waals surface area contributed by atoms with Gasteiger partial charge in [-0.15, -0.1) is 11.3 Å². The van der Waals surface area contributed by atoms with Crippen molar-refractivity contribution in [1.82, 2.24) is 0 Å². The molecule has 1 amide bonds. The molecule has 1 aliphatic rings. The average molecular weight is 432 g/mol. The molecule has 30 heavy (non-hydrogen) atoms. The minimum absolute atomic E-state index is 0.169. The molecule has 1 aliphatic carbocycles. The first-order chi connectivity index (χ1) is 14.5. The summed E-state index contributed by atoms with van der Waals surface area (Å²) in [6.45, 7) is 4.55. The van der Waals surface area contributed by atoms with Crippen LogP contribution in [0.3, 0.4) is 0 Å². The molecule has 0 aliphatic heterocycles. The first-order valence-electron chi connectivity index (χ1n) is 10.3. The van der Waals surface area contributed by atoms with Gasteiger partial charge in [-0.05, 0) is 54.9 Å². The summed E-state index contributed by atoms with van der Waals surface area (Å²) in [5, 5.41) is 3.56. The molecular weight excluding hydrogens is 402 g/mol. The van der Waals surface area contributed by atoms with Crippen LogP contribution in [0.2, 0.25) is 0 Å². The van der Waals surface area contributed by atoms with Gasteiger partial charge >= 0.3 is 5.97 Å². The molecule has 0 spiro atoms. The van der Waals surface area contributed by atoms with Crippen molar-refractivity contribution < 1.29 is 23.8 Å². The highest BCUT2D eigenvalue weighted by Gasteiger charge is 2.29. The third-order valence-electron chi connectivity index (χ3n) is 5.22. The van der Waals surface area contributed by atoms with Gasteiger partial charge < -0.3 is 19.5 Å². The zero-order valence-corrected chi connectivity index (χ0v) is 18.8. The largest absolute Gasteiger partial charge is 0.493 e. The molecule has 2 aromatic rings. The number of methoxy groups -OCH3 is 2. The summed E-state index contributed by atoms with van der Waals surface area (Å²) in [6.07, 6.45) is 3.74. The highest BCUT2D eigenvalue weighted by Crippen LogP contribution is 2.40. The van der Waals surface area contributed by atoms with Gasteiger partial charge in [0, 0.05) is 4.88 Å². The maximum absolute atomic E-state index is 12.8. The molecule has 0 bridgehead atoms. The molecule has 0 saturated heterocycles. The van der Waals surface area contributed by atoms with Crippen molar-refractivity contribution in [2.75, 3.05) is 26.1 Å². The van der Waals surface area contributed by atoms with Gasteiger partial charge in [0.05, 0.1) is 32.8 Å². The quantitative estimate of drug-likeness (QED) is 0.617. The molecule has 0 unspecified atom stereocenters. The Morgan fingerprint density at radius 1 is 1.20 bits per heavy atom. The van der Waals surface area contributed by atoms with E-state index in [-0.39, 0.29) is 18.3 Å². The minimum Gasteiger partial charge on any atom is -0.493 e. The van der Waals surface area contributed by atoms with Crippen LogP contribution in [-0.2, 0) is 28.8 Å². The number of nitrogens with one attached hydrogen (secondary N) is 1. The van der Waals surface area contributed by atoms with Gasteiger partial charge in [-0.25, -0.2) is 4.79 Å². The lowest BCUT2D eigenvalue weighted by molar-refractivity contribution is -0.115. The zero-order chi connectivity index (χ0) is 21.7. The molecule has 7 heteroatoms. The van der Waals surface area contributed by atoms with Crippen molar-refractivity contribution in [3.8, 4) is 11.5 Å². The van der Waals surface area contributed by atoms with Gasteiger partial charge in [0.15, 0.2) is 11.5 Å². The van der Waals surface area contributed by atoms with E-state index in [1.807, 2.05) is 13.0 Å². The first kappa shape index (κ1) is 22.2. The Labute approximate surface area is 181 Å². The summed E-state index contributed by atoms with van der Waals surface area (Å²) in [7, 11) is 3.13. The molecule has 1 heterocycles. The molecule has 1 aromatic carbocycles. The van der Waals surface area contributed by atoms with Crippen LogP contribution in [0.1, 0.15) is 53.1 Å². The predicted octanol–water partition coefficient (Wildman–Crippen LogP) is 4.64. The van der Waals surface area contributed by atoms with Crippen LogP contribution < -0.4 is 14.8 Å². The van der Waals surface area contributed by atoms with Crippen LogP contribution >= 0.6 is 11.3 Å². The SMILES string of the molecule is CCCOC(=O)c1c(NC(=O)Cc2ccc(OC)c(OC)c2)sc2c1CC[C@H](C)C2. The summed E-state index contributed by atoms with van der Waals surface area (Å²) in [4.78, 5) is 26.7. The Kier molecular flexibility index (Phi) is 7.37. The fourth-order valence-corrected chi connectivity index (χ4v) is 5.08. The summed E-state index contributed by atoms with van der Waals surface area (Å²) in [5.41, 5.74) is 2.38. The van der Waals surface area contributed by atoms with Crippen molar-refractivity contribution in [2.45, 2.75) is 46.0 Å². The van der Waals surface area contributed by atoms with Crippen LogP contribution in [0.5, 0.6) is 11.5 Å². The number of fused-ring (bicyclic) bond motifs is 1. The molecular formula is C23H29NO5S. The lowest BCUT2D eigenvalue weighted by atomic mass is 9.88. The first-order valence-corrected chi connectivity index (χ1v) is 11.1. The van der Waals surface area contributed by atoms with Gasteiger partial charge in [-0.2, -0.15) is 0 Å². The summed E-state index contributed by atoms with van der Waals surface area (Å²) < 4.78 is 16.0. The lowest BCUT2D eigenvalue weighted by Gasteiger charge is -2.18. The van der Waals surface area contributed by atoms with Gasteiger partial charge in [-0.1, -0.05) is 19.9 Å². The van der Waals surface area contributed by atoms with Crippen molar-refractivity contribution in [1.29, 1.82) is 0 Å². The van der Waals surface area contributed by atoms with Gasteiger partial charge in [0.2, 0.25) is 5.91 Å². The zero-order valence-electron chi connectivity index (χ0n) is 18.0. The topological polar surface area (TPSA) is 73.9 Å². The van der Waals surface area contributed by atoms with E-state index in [1.165, 1.54) is 16.2 Å². The van der Waals surface area contributed by atoms with Crippen molar-refractivity contribution in [2.24, 2.45) is 5.92 Å². The molecule has 0 fully saturated rings. The number of carbonyl (C=O) groups excluding carboxylic acids is 2. The molecule has 1 aromatic heterocycles. The number of anilines is 1. The number of carbonyl (C=O) groups is 2. The van der Waals surface area contributed by atoms with Crippen molar-refractivity contribution >= 4 is 28.2 Å². The second-order valence-corrected chi connectivity index (χ2v) is 8.71. The second kappa shape index (κ2) is 9.98. The van der Waals surface area contributed by atoms with Gasteiger partial charge in [0.1, 0.15) is 5.00 Å². The molecule has 6 nitrogen and oxygen atoms in total. The minimum atomic E-state index is -0.342. The normalized spacial score (nSPS) is 15.3. The maximum atomic E-state index is 12.8. The standard InChI is InChI=1S/C23H29NO5S/c1-5-10-29-23(26)21-16-8-6-14(2)11-19(16)30-22(21)24-20(25)13-15-7-9-17(27-3)18(12-15)28-4/h7,9,12,14H,5-6,8,10-11,13H2,1-4H3,(H,24,25)/t14-/m0/s1. The van der Waals surface area contributed by atoms with E-state index in [0.717, 1.165) is 36.8 Å². The van der Waals surface area contributed by atoms with Crippen LogP contribution in [0, 0.1) is 5.92 Å². The van der Waals surface area contributed by atoms with Gasteiger partial charge in [-0.3, -0.25) is 4.79 Å². The maximum Gasteiger partial charge on any atom is 0.341 e. The van der Waals surface area contributed by atoms with Crippen molar-refractivity contribution in [3.63, 3.8) is 0 Å². The molecule has 162 valence electrons. The third-order valence-corrected chi connectivity index (χ3v) is 6.39. The van der Waals surface area contributed by atoms with E-state index in [4.69, 9.17) is 14.2 Å². The summed E-state index contributed by atoms with van der Waals surface area (Å²) >= 11 is 1.50. The van der Waals surface area contributed by atoms with E-state index in [0.29, 0.717) is 34.6 Å². The Balaban J connectivity index is 1.81. The smallest absolute Gasteiger partial charge is 0.341 e. The van der Waals surface area contributed by atoms with E-state index >= 15 is 0 Å². The van der Waals surface area contributed by atoms with Crippen LogP contribution in [0.25, 0.3) is 0 Å². The molecule has 0 radical (unpaired) electrons. The monoisotopic (exact) mass is 431 g/mol. The van der Waals surface area contributed by atoms with Crippen LogP contribution in [-0.4, -0.2) is 32.7 Å². The van der Waals surface area contributed by atoms with Gasteiger partial charge in [0.25, 0.3) is 0 Å². The number of thiophene rings is 1. The van der Waals surface area contributed by atoms with Crippen LogP contribution in [0.4, 0.5) is 5.00 Å². The Morgan fingerprint density at radius 2 is 1.97 bits per heavy atom. The number of hydrogen-bond donors (Lipinski definition) is 1. The molecule has 0 saturated carbocycles. The Hall–Kier alpha value is -2.54. The fourth-order valence-electron chi connectivity index (χ4n) is 3.67. The number of rotatable bonds is 8. The molecule has 3 rings (SSSR count). The Morgan fingerprint density at radius 3 is 2.67 bits per heavy atom. The molecule has 1 atom stereocenters. The van der Waals surface area contributed by atoms with Crippen LogP contribution in [0.15, 0.2) is 18.2 Å². The average Bonchev–Trinajstić information content (AvgIpc) is 3.08. The predicted molar refractivity (Wildman–Crippen MR) is 118 cm³/mol. The highest BCUT2D eigenvalue weighted by molar-refractivity contribution is 7.17.